The molecule has 4 N–H and O–H groups in total. The highest BCUT2D eigenvalue weighted by atomic mass is 35.5. The highest BCUT2D eigenvalue weighted by Gasteiger charge is 2.59. The number of aliphatic carboxylic acids is 2. The minimum atomic E-state index is -1.16. The van der Waals surface area contributed by atoms with Gasteiger partial charge in [-0.25, -0.2) is 4.84 Å². The highest BCUT2D eigenvalue weighted by Crippen LogP contribution is 2.51. The van der Waals surface area contributed by atoms with Gasteiger partial charge in [-0.3, -0.25) is 9.59 Å². The van der Waals surface area contributed by atoms with Crippen LogP contribution >= 0.6 is 11.8 Å². The summed E-state index contributed by atoms with van der Waals surface area (Å²) in [5.41, 5.74) is 0. The lowest BCUT2D eigenvalue weighted by Crippen LogP contribution is -2.34. The van der Waals surface area contributed by atoms with Gasteiger partial charge in [0.05, 0.1) is 5.92 Å². The van der Waals surface area contributed by atoms with E-state index >= 15 is 0 Å². The molecule has 9 nitrogen and oxygen atoms in total. The Labute approximate surface area is 112 Å². The Balaban J connectivity index is 1.98. The van der Waals surface area contributed by atoms with E-state index in [0.29, 0.717) is 18.7 Å². The van der Waals surface area contributed by atoms with Gasteiger partial charge in [-0.2, -0.15) is 5.21 Å². The summed E-state index contributed by atoms with van der Waals surface area (Å²) in [4.78, 5) is 24.2. The van der Waals surface area contributed by atoms with Crippen molar-refractivity contribution in [3.05, 3.63) is 5.82 Å². The lowest BCUT2D eigenvalue weighted by molar-refractivity contribution is -0.140. The van der Waals surface area contributed by atoms with E-state index in [2.05, 4.69) is 25.5 Å². The molecule has 4 atom stereocenters. The van der Waals surface area contributed by atoms with Crippen LogP contribution < -0.4 is 4.84 Å². The van der Waals surface area contributed by atoms with Gasteiger partial charge in [-0.1, -0.05) is 5.21 Å². The summed E-state index contributed by atoms with van der Waals surface area (Å²) in [7, 11) is 0. The van der Waals surface area contributed by atoms with E-state index in [1.165, 1.54) is 0 Å². The van der Waals surface area contributed by atoms with E-state index in [4.69, 9.17) is 22.0 Å². The third-order valence-electron chi connectivity index (χ3n) is 3.37. The average molecular weight is 290 g/mol. The number of aromatic nitrogens is 4. The van der Waals surface area contributed by atoms with Gasteiger partial charge < -0.3 is 10.2 Å². The van der Waals surface area contributed by atoms with Gasteiger partial charge in [0.1, 0.15) is 6.04 Å². The fourth-order valence-corrected chi connectivity index (χ4v) is 2.68. The molecule has 0 saturated heterocycles. The van der Waals surface area contributed by atoms with E-state index in [1.54, 1.807) is 0 Å². The molecule has 1 aromatic rings. The number of hydrogen-bond acceptors (Lipinski definition) is 6. The van der Waals surface area contributed by atoms with Crippen molar-refractivity contribution in [1.29, 1.82) is 0 Å². The van der Waals surface area contributed by atoms with Crippen LogP contribution in [0.15, 0.2) is 0 Å². The maximum Gasteiger partial charge on any atom is 0.322 e. The number of aryl methyl sites for hydroxylation is 1. The summed E-state index contributed by atoms with van der Waals surface area (Å²) in [6, 6.07) is -1.07. The summed E-state index contributed by atoms with van der Waals surface area (Å²) in [5, 5.41) is 31.2. The Bertz CT molecular complexity index is 467. The van der Waals surface area contributed by atoms with Crippen LogP contribution in [-0.4, -0.2) is 48.8 Å². The standard InChI is InChI=1S/C9H12ClN5O4/c10-11-7(9(18)19)5-3(6(5)8(16)17)1-2-4-12-14-15-13-4/h3,5-7,11H,1-2H2,(H,16,17)(H,18,19)(H,12,13,14,15)/t3-,5+,6+,7-/m1/s1. The normalized spacial score (nSPS) is 26.9. The minimum absolute atomic E-state index is 0.261. The Morgan fingerprint density at radius 1 is 1.47 bits per heavy atom. The van der Waals surface area contributed by atoms with Gasteiger partial charge in [0.2, 0.25) is 0 Å². The number of carboxylic acid groups (broad SMARTS) is 2. The Morgan fingerprint density at radius 3 is 2.68 bits per heavy atom. The first-order chi connectivity index (χ1) is 9.06. The van der Waals surface area contributed by atoms with E-state index in [-0.39, 0.29) is 5.92 Å². The van der Waals surface area contributed by atoms with Crippen molar-refractivity contribution in [2.24, 2.45) is 17.8 Å². The SMILES string of the molecule is O=C(O)[C@H]1[C@H](CCc2nn[nH]n2)[C@@H]1[C@@H](NCl)C(=O)O. The smallest absolute Gasteiger partial charge is 0.322 e. The summed E-state index contributed by atoms with van der Waals surface area (Å²) >= 11 is 5.37. The van der Waals surface area contributed by atoms with Crippen molar-refractivity contribution in [3.63, 3.8) is 0 Å². The van der Waals surface area contributed by atoms with Gasteiger partial charge in [-0.05, 0) is 24.1 Å². The highest BCUT2D eigenvalue weighted by molar-refractivity contribution is 6.15. The second-order valence-corrected chi connectivity index (χ2v) is 4.62. The number of carbonyl (C=O) groups is 2. The predicted octanol–water partition coefficient (Wildman–Crippen LogP) is -0.724. The molecule has 0 amide bonds. The van der Waals surface area contributed by atoms with Crippen LogP contribution in [0.3, 0.4) is 0 Å². The number of rotatable bonds is 7. The van der Waals surface area contributed by atoms with Crippen molar-refractivity contribution in [3.8, 4) is 0 Å². The molecule has 0 unspecified atom stereocenters. The van der Waals surface area contributed by atoms with Crippen molar-refractivity contribution in [2.45, 2.75) is 18.9 Å². The fourth-order valence-electron chi connectivity index (χ4n) is 2.44. The number of aromatic amines is 1. The summed E-state index contributed by atoms with van der Waals surface area (Å²) in [6.45, 7) is 0. The number of halogens is 1. The number of nitrogens with zero attached hydrogens (tertiary/aromatic N) is 3. The maximum atomic E-state index is 11.1. The monoisotopic (exact) mass is 289 g/mol. The number of hydrogen-bond donors (Lipinski definition) is 4. The molecule has 1 fully saturated rings. The first-order valence-electron chi connectivity index (χ1n) is 5.60. The van der Waals surface area contributed by atoms with E-state index < -0.39 is 29.8 Å². The Morgan fingerprint density at radius 2 is 2.21 bits per heavy atom. The number of H-pyrrole nitrogens is 1. The molecular weight excluding hydrogens is 278 g/mol. The molecule has 2 rings (SSSR count). The number of tetrazole rings is 1. The molecule has 0 bridgehead atoms. The van der Waals surface area contributed by atoms with Gasteiger partial charge >= 0.3 is 11.9 Å². The van der Waals surface area contributed by atoms with Crippen LogP contribution in [0.4, 0.5) is 0 Å². The average Bonchev–Trinajstić information content (AvgIpc) is 2.82. The summed E-state index contributed by atoms with van der Waals surface area (Å²) in [6.07, 6.45) is 0.916. The molecule has 0 radical (unpaired) electrons. The third-order valence-corrected chi connectivity index (χ3v) is 3.61. The molecule has 10 heteroatoms. The zero-order valence-corrected chi connectivity index (χ0v) is 10.4. The van der Waals surface area contributed by atoms with Gasteiger partial charge in [-0.15, -0.1) is 10.2 Å². The molecule has 104 valence electrons. The Hall–Kier alpha value is -1.74. The molecule has 0 aromatic carbocycles. The van der Waals surface area contributed by atoms with Gasteiger partial charge in [0.25, 0.3) is 0 Å². The van der Waals surface area contributed by atoms with Crippen LogP contribution in [0.5, 0.6) is 0 Å². The first kappa shape index (κ1) is 13.7. The van der Waals surface area contributed by atoms with Crippen molar-refractivity contribution >= 4 is 23.7 Å². The summed E-state index contributed by atoms with van der Waals surface area (Å²) < 4.78 is 0. The zero-order valence-electron chi connectivity index (χ0n) is 9.65. The van der Waals surface area contributed by atoms with Crippen molar-refractivity contribution in [2.75, 3.05) is 0 Å². The molecule has 0 aliphatic heterocycles. The lowest BCUT2D eigenvalue weighted by Gasteiger charge is -2.08. The molecule has 1 saturated carbocycles. The second kappa shape index (κ2) is 5.49. The van der Waals surface area contributed by atoms with Gasteiger partial charge in [0.15, 0.2) is 5.82 Å². The van der Waals surface area contributed by atoms with Crippen LogP contribution in [0.2, 0.25) is 0 Å². The largest absolute Gasteiger partial charge is 0.481 e. The molecule has 1 aliphatic rings. The lowest BCUT2D eigenvalue weighted by atomic mass is 10.1. The fraction of sp³-hybridized carbons (Fsp3) is 0.667. The van der Waals surface area contributed by atoms with Crippen molar-refractivity contribution in [1.82, 2.24) is 25.5 Å². The van der Waals surface area contributed by atoms with Gasteiger partial charge in [0, 0.05) is 12.3 Å². The van der Waals surface area contributed by atoms with Crippen LogP contribution in [0, 0.1) is 17.8 Å². The van der Waals surface area contributed by atoms with E-state index in [1.807, 2.05) is 0 Å². The number of carboxylic acids is 2. The predicted molar refractivity (Wildman–Crippen MR) is 61.0 cm³/mol. The van der Waals surface area contributed by atoms with Crippen LogP contribution in [0.25, 0.3) is 0 Å². The van der Waals surface area contributed by atoms with E-state index in [0.717, 1.165) is 0 Å². The maximum absolute atomic E-state index is 11.1. The Kier molecular flexibility index (Phi) is 3.96. The van der Waals surface area contributed by atoms with Crippen molar-refractivity contribution < 1.29 is 19.8 Å². The molecule has 1 heterocycles. The second-order valence-electron chi connectivity index (χ2n) is 4.40. The summed E-state index contributed by atoms with van der Waals surface area (Å²) in [5.74, 6) is -3.20. The molecule has 19 heavy (non-hydrogen) atoms. The molecule has 1 aliphatic carbocycles. The third kappa shape index (κ3) is 2.82. The first-order valence-corrected chi connectivity index (χ1v) is 5.98. The quantitative estimate of drug-likeness (QED) is 0.482. The molecular formula is C9H12ClN5O4. The number of nitrogens with one attached hydrogen (secondary N) is 2. The van der Waals surface area contributed by atoms with Crippen LogP contribution in [0.1, 0.15) is 12.2 Å². The van der Waals surface area contributed by atoms with Crippen LogP contribution in [-0.2, 0) is 16.0 Å². The minimum Gasteiger partial charge on any atom is -0.481 e. The topological polar surface area (TPSA) is 141 Å². The van der Waals surface area contributed by atoms with E-state index in [9.17, 15) is 9.59 Å². The zero-order chi connectivity index (χ0) is 14.0. The molecule has 0 spiro atoms. The molecule has 1 aromatic heterocycles.